The first-order chi connectivity index (χ1) is 12.3. The molecule has 1 unspecified atom stereocenters. The van der Waals surface area contributed by atoms with Gasteiger partial charge < -0.3 is 9.47 Å². The van der Waals surface area contributed by atoms with Crippen molar-refractivity contribution in [3.05, 3.63) is 54.9 Å². The van der Waals surface area contributed by atoms with Crippen LogP contribution in [0.4, 0.5) is 5.82 Å². The lowest BCUT2D eigenvalue weighted by Crippen LogP contribution is -2.36. The van der Waals surface area contributed by atoms with Crippen molar-refractivity contribution in [2.75, 3.05) is 18.0 Å². The number of aromatic nitrogens is 5. The van der Waals surface area contributed by atoms with Gasteiger partial charge >= 0.3 is 0 Å². The van der Waals surface area contributed by atoms with E-state index in [1.54, 1.807) is 6.20 Å². The highest BCUT2D eigenvalue weighted by Gasteiger charge is 2.21. The van der Waals surface area contributed by atoms with E-state index in [9.17, 15) is 0 Å². The van der Waals surface area contributed by atoms with Crippen molar-refractivity contribution in [3.8, 4) is 11.5 Å². The summed E-state index contributed by atoms with van der Waals surface area (Å²) < 4.78 is 1.95. The Morgan fingerprint density at radius 1 is 1.08 bits per heavy atom. The Balaban J connectivity index is 1.42. The summed E-state index contributed by atoms with van der Waals surface area (Å²) in [6.07, 6.45) is 12.7. The van der Waals surface area contributed by atoms with E-state index in [0.717, 1.165) is 42.5 Å². The van der Waals surface area contributed by atoms with E-state index in [-0.39, 0.29) is 0 Å². The largest absolute Gasteiger partial charge is 0.356 e. The summed E-state index contributed by atoms with van der Waals surface area (Å²) in [5, 5.41) is 0. The number of pyridine rings is 1. The maximum atomic E-state index is 4.62. The van der Waals surface area contributed by atoms with Crippen molar-refractivity contribution in [3.63, 3.8) is 0 Å². The SMILES string of the molecule is Cn1ccnc1-c1cnc(CC2CCCN(c3ccccn3)C2)cn1. The van der Waals surface area contributed by atoms with Crippen molar-refractivity contribution in [2.45, 2.75) is 19.3 Å². The van der Waals surface area contributed by atoms with Crippen LogP contribution >= 0.6 is 0 Å². The van der Waals surface area contributed by atoms with Crippen LogP contribution in [-0.4, -0.2) is 37.6 Å². The van der Waals surface area contributed by atoms with E-state index in [0.29, 0.717) is 5.92 Å². The molecule has 4 heterocycles. The minimum atomic E-state index is 0.587. The van der Waals surface area contributed by atoms with Gasteiger partial charge in [0.1, 0.15) is 11.5 Å². The third-order valence-electron chi connectivity index (χ3n) is 4.75. The number of hydrogen-bond donors (Lipinski definition) is 0. The summed E-state index contributed by atoms with van der Waals surface area (Å²) in [6.45, 7) is 2.11. The molecule has 0 radical (unpaired) electrons. The van der Waals surface area contributed by atoms with Gasteiger partial charge in [-0.05, 0) is 37.3 Å². The van der Waals surface area contributed by atoms with E-state index >= 15 is 0 Å². The molecule has 4 rings (SSSR count). The Hall–Kier alpha value is -2.76. The Kier molecular flexibility index (Phi) is 4.41. The normalized spacial score (nSPS) is 17.6. The molecule has 0 aromatic carbocycles. The first-order valence-electron chi connectivity index (χ1n) is 8.74. The van der Waals surface area contributed by atoms with Crippen molar-refractivity contribution in [1.29, 1.82) is 0 Å². The average Bonchev–Trinajstić information content (AvgIpc) is 3.09. The lowest BCUT2D eigenvalue weighted by molar-refractivity contribution is 0.408. The van der Waals surface area contributed by atoms with Crippen LogP contribution in [0.15, 0.2) is 49.2 Å². The lowest BCUT2D eigenvalue weighted by atomic mass is 9.93. The Morgan fingerprint density at radius 3 is 2.76 bits per heavy atom. The minimum Gasteiger partial charge on any atom is -0.356 e. The molecule has 0 spiro atoms. The maximum Gasteiger partial charge on any atom is 0.159 e. The van der Waals surface area contributed by atoms with Gasteiger partial charge in [0.15, 0.2) is 5.82 Å². The molecule has 6 nitrogen and oxygen atoms in total. The third-order valence-corrected chi connectivity index (χ3v) is 4.75. The number of rotatable bonds is 4. The molecule has 25 heavy (non-hydrogen) atoms. The third kappa shape index (κ3) is 3.52. The van der Waals surface area contributed by atoms with Crippen LogP contribution in [0.5, 0.6) is 0 Å². The molecule has 0 N–H and O–H groups in total. The molecule has 1 saturated heterocycles. The second-order valence-electron chi connectivity index (χ2n) is 6.60. The number of nitrogens with zero attached hydrogens (tertiary/aromatic N) is 6. The zero-order valence-corrected chi connectivity index (χ0v) is 14.4. The average molecular weight is 334 g/mol. The highest BCUT2D eigenvalue weighted by molar-refractivity contribution is 5.47. The van der Waals surface area contributed by atoms with Gasteiger partial charge in [0.2, 0.25) is 0 Å². The standard InChI is InChI=1S/C19H22N6/c1-24-10-8-21-19(24)17-13-22-16(12-23-17)11-15-5-4-9-25(14-15)18-6-2-3-7-20-18/h2-3,6-8,10,12-13,15H,4-5,9,11,14H2,1H3. The summed E-state index contributed by atoms with van der Waals surface area (Å²) in [5.74, 6) is 2.51. The van der Waals surface area contributed by atoms with Gasteiger partial charge in [-0.25, -0.2) is 15.0 Å². The zero-order valence-electron chi connectivity index (χ0n) is 14.4. The van der Waals surface area contributed by atoms with Gasteiger partial charge in [0.25, 0.3) is 0 Å². The smallest absolute Gasteiger partial charge is 0.159 e. The van der Waals surface area contributed by atoms with Crippen LogP contribution in [0, 0.1) is 5.92 Å². The molecule has 0 saturated carbocycles. The van der Waals surface area contributed by atoms with Crippen LogP contribution in [0.25, 0.3) is 11.5 Å². The summed E-state index contributed by atoms with van der Waals surface area (Å²) in [7, 11) is 1.96. The molecule has 6 heteroatoms. The molecular weight excluding hydrogens is 312 g/mol. The van der Waals surface area contributed by atoms with Gasteiger partial charge in [-0.1, -0.05) is 6.07 Å². The van der Waals surface area contributed by atoms with Gasteiger partial charge in [-0.3, -0.25) is 4.98 Å². The molecule has 3 aromatic rings. The van der Waals surface area contributed by atoms with E-state index in [2.05, 4.69) is 30.9 Å². The highest BCUT2D eigenvalue weighted by atomic mass is 15.2. The summed E-state index contributed by atoms with van der Waals surface area (Å²) in [4.78, 5) is 20.4. The Bertz CT molecular complexity index is 811. The van der Waals surface area contributed by atoms with Crippen molar-refractivity contribution < 1.29 is 0 Å². The molecule has 1 aliphatic heterocycles. The lowest BCUT2D eigenvalue weighted by Gasteiger charge is -2.33. The monoisotopic (exact) mass is 334 g/mol. The first kappa shape index (κ1) is 15.7. The van der Waals surface area contributed by atoms with Crippen LogP contribution < -0.4 is 4.90 Å². The molecule has 0 amide bonds. The minimum absolute atomic E-state index is 0.587. The van der Waals surface area contributed by atoms with E-state index in [1.807, 2.05) is 48.5 Å². The molecule has 0 bridgehead atoms. The van der Waals surface area contributed by atoms with Crippen LogP contribution in [0.1, 0.15) is 18.5 Å². The molecule has 1 fully saturated rings. The second-order valence-corrected chi connectivity index (χ2v) is 6.60. The van der Waals surface area contributed by atoms with Crippen molar-refractivity contribution >= 4 is 5.82 Å². The van der Waals surface area contributed by atoms with Gasteiger partial charge in [-0.2, -0.15) is 0 Å². The van der Waals surface area contributed by atoms with Crippen molar-refractivity contribution in [2.24, 2.45) is 13.0 Å². The molecule has 128 valence electrons. The van der Waals surface area contributed by atoms with E-state index in [1.165, 1.54) is 12.8 Å². The number of imidazole rings is 1. The predicted molar refractivity (Wildman–Crippen MR) is 97.1 cm³/mol. The fourth-order valence-corrected chi connectivity index (χ4v) is 3.46. The quantitative estimate of drug-likeness (QED) is 0.734. The Labute approximate surface area is 147 Å². The molecule has 1 aliphatic rings. The van der Waals surface area contributed by atoms with Gasteiger partial charge in [0.05, 0.1) is 11.9 Å². The van der Waals surface area contributed by atoms with E-state index < -0.39 is 0 Å². The van der Waals surface area contributed by atoms with Crippen molar-refractivity contribution in [1.82, 2.24) is 24.5 Å². The van der Waals surface area contributed by atoms with Crippen LogP contribution in [0.2, 0.25) is 0 Å². The number of hydrogen-bond acceptors (Lipinski definition) is 5. The van der Waals surface area contributed by atoms with E-state index in [4.69, 9.17) is 0 Å². The number of aryl methyl sites for hydroxylation is 1. The second kappa shape index (κ2) is 7.01. The summed E-state index contributed by atoms with van der Waals surface area (Å²) in [5.41, 5.74) is 1.86. The summed E-state index contributed by atoms with van der Waals surface area (Å²) >= 11 is 0. The number of piperidine rings is 1. The fourth-order valence-electron chi connectivity index (χ4n) is 3.46. The molecule has 1 atom stereocenters. The maximum absolute atomic E-state index is 4.62. The predicted octanol–water partition coefficient (Wildman–Crippen LogP) is 2.73. The van der Waals surface area contributed by atoms with Crippen LogP contribution in [0.3, 0.4) is 0 Å². The zero-order chi connectivity index (χ0) is 17.1. The highest BCUT2D eigenvalue weighted by Crippen LogP contribution is 2.24. The molecular formula is C19H22N6. The summed E-state index contributed by atoms with van der Waals surface area (Å²) in [6, 6.07) is 6.10. The Morgan fingerprint density at radius 2 is 2.04 bits per heavy atom. The van der Waals surface area contributed by atoms with Crippen LogP contribution in [-0.2, 0) is 13.5 Å². The fraction of sp³-hybridized carbons (Fsp3) is 0.368. The topological polar surface area (TPSA) is 59.7 Å². The van der Waals surface area contributed by atoms with Gasteiger partial charge in [0, 0.05) is 44.9 Å². The molecule has 3 aromatic heterocycles. The van der Waals surface area contributed by atoms with Gasteiger partial charge in [-0.15, -0.1) is 0 Å². The number of anilines is 1. The first-order valence-corrected chi connectivity index (χ1v) is 8.74. The molecule has 0 aliphatic carbocycles.